The third-order valence-corrected chi connectivity index (χ3v) is 4.34. The third kappa shape index (κ3) is 4.44. The number of carbonyl (C=O) groups is 1. The number of aromatic nitrogens is 4. The zero-order valence-corrected chi connectivity index (χ0v) is 17.8. The molecule has 150 valence electrons. The van der Waals surface area contributed by atoms with Crippen LogP contribution in [0.4, 0.5) is 4.79 Å². The van der Waals surface area contributed by atoms with E-state index in [-0.39, 0.29) is 17.5 Å². The van der Waals surface area contributed by atoms with Crippen LogP contribution in [-0.2, 0) is 4.74 Å². The van der Waals surface area contributed by atoms with E-state index in [1.54, 1.807) is 32.9 Å². The monoisotopic (exact) mass is 451 g/mol. The zero-order chi connectivity index (χ0) is 20.6. The maximum absolute atomic E-state index is 12.2. The van der Waals surface area contributed by atoms with Crippen LogP contribution in [0.25, 0.3) is 22.5 Å². The van der Waals surface area contributed by atoms with Crippen molar-refractivity contribution in [2.45, 2.75) is 46.3 Å². The van der Waals surface area contributed by atoms with Crippen molar-refractivity contribution in [2.24, 2.45) is 5.92 Å². The molecule has 0 fully saturated rings. The molecule has 0 bridgehead atoms. The molecule has 2 aromatic heterocycles. The molecule has 2 heterocycles. The molecule has 1 aromatic carbocycles. The van der Waals surface area contributed by atoms with Crippen molar-refractivity contribution < 1.29 is 14.1 Å². The summed E-state index contributed by atoms with van der Waals surface area (Å²) in [5.74, 6) is 0.544. The Morgan fingerprint density at radius 3 is 2.64 bits per heavy atom. The highest BCUT2D eigenvalue weighted by Gasteiger charge is 2.27. The van der Waals surface area contributed by atoms with E-state index in [1.165, 1.54) is 0 Å². The van der Waals surface area contributed by atoms with E-state index in [2.05, 4.69) is 41.4 Å². The summed E-state index contributed by atoms with van der Waals surface area (Å²) in [7, 11) is 0. The van der Waals surface area contributed by atoms with Crippen LogP contribution in [0.1, 0.15) is 46.5 Å². The molecule has 3 rings (SSSR count). The number of nitrogens with zero attached hydrogens (tertiary/aromatic N) is 2. The van der Waals surface area contributed by atoms with Gasteiger partial charge >= 0.3 is 11.8 Å². The Morgan fingerprint density at radius 1 is 1.29 bits per heavy atom. The fourth-order valence-electron chi connectivity index (χ4n) is 2.71. The second-order valence-electron chi connectivity index (χ2n) is 7.78. The molecular formula is C18H22BrN5O4. The highest BCUT2D eigenvalue weighted by atomic mass is 79.9. The summed E-state index contributed by atoms with van der Waals surface area (Å²) in [6.45, 7) is 9.23. The van der Waals surface area contributed by atoms with E-state index in [1.807, 2.05) is 13.8 Å². The van der Waals surface area contributed by atoms with Gasteiger partial charge in [-0.3, -0.25) is 0 Å². The SMILES string of the molecule is CC(C)C(NC(=O)OC(C)(C)C)c1noc(-c2cc(Br)cc3[nH]c(=O)[nH]c23)n1. The Balaban J connectivity index is 1.94. The summed E-state index contributed by atoms with van der Waals surface area (Å²) in [6.07, 6.45) is -0.558. The Hall–Kier alpha value is -2.62. The van der Waals surface area contributed by atoms with E-state index >= 15 is 0 Å². The van der Waals surface area contributed by atoms with Crippen LogP contribution in [0.5, 0.6) is 0 Å². The Kier molecular flexibility index (Phi) is 5.33. The fraction of sp³-hybridized carbons (Fsp3) is 0.444. The first kappa shape index (κ1) is 20.1. The highest BCUT2D eigenvalue weighted by Crippen LogP contribution is 2.30. The summed E-state index contributed by atoms with van der Waals surface area (Å²) < 4.78 is 11.5. The summed E-state index contributed by atoms with van der Waals surface area (Å²) in [6, 6.07) is 3.05. The number of H-pyrrole nitrogens is 2. The largest absolute Gasteiger partial charge is 0.444 e. The summed E-state index contributed by atoms with van der Waals surface area (Å²) >= 11 is 3.41. The van der Waals surface area contributed by atoms with Crippen molar-refractivity contribution in [3.8, 4) is 11.5 Å². The number of nitrogens with one attached hydrogen (secondary N) is 3. The topological polar surface area (TPSA) is 126 Å². The molecule has 3 aromatic rings. The number of alkyl carbamates (subject to hydrolysis) is 1. The number of amides is 1. The second kappa shape index (κ2) is 7.42. The van der Waals surface area contributed by atoms with Gasteiger partial charge in [0.15, 0.2) is 5.82 Å². The van der Waals surface area contributed by atoms with Gasteiger partial charge in [0.05, 0.1) is 22.6 Å². The van der Waals surface area contributed by atoms with Crippen molar-refractivity contribution in [1.82, 2.24) is 25.4 Å². The summed E-state index contributed by atoms with van der Waals surface area (Å²) in [5, 5.41) is 6.82. The van der Waals surface area contributed by atoms with Crippen molar-refractivity contribution in [3.05, 3.63) is 32.9 Å². The molecule has 0 aliphatic carbocycles. The van der Waals surface area contributed by atoms with E-state index in [4.69, 9.17) is 9.26 Å². The average Bonchev–Trinajstić information content (AvgIpc) is 3.15. The molecule has 1 unspecified atom stereocenters. The third-order valence-electron chi connectivity index (χ3n) is 3.88. The first-order chi connectivity index (χ1) is 13.0. The van der Waals surface area contributed by atoms with Crippen LogP contribution >= 0.6 is 15.9 Å². The predicted molar refractivity (Wildman–Crippen MR) is 107 cm³/mol. The van der Waals surface area contributed by atoms with Gasteiger partial charge in [-0.15, -0.1) is 0 Å². The van der Waals surface area contributed by atoms with Gasteiger partial charge in [-0.05, 0) is 38.8 Å². The molecule has 10 heteroatoms. The van der Waals surface area contributed by atoms with Gasteiger partial charge in [0, 0.05) is 4.47 Å². The molecule has 1 amide bonds. The van der Waals surface area contributed by atoms with E-state index < -0.39 is 17.7 Å². The van der Waals surface area contributed by atoms with Gasteiger partial charge in [0.2, 0.25) is 0 Å². The molecule has 0 saturated carbocycles. The average molecular weight is 452 g/mol. The first-order valence-electron chi connectivity index (χ1n) is 8.78. The number of rotatable bonds is 4. The van der Waals surface area contributed by atoms with Crippen LogP contribution in [0, 0.1) is 5.92 Å². The van der Waals surface area contributed by atoms with Crippen molar-refractivity contribution in [2.75, 3.05) is 0 Å². The number of imidazole rings is 1. The highest BCUT2D eigenvalue weighted by molar-refractivity contribution is 9.10. The maximum Gasteiger partial charge on any atom is 0.408 e. The number of halogens is 1. The van der Waals surface area contributed by atoms with Crippen LogP contribution in [0.15, 0.2) is 25.9 Å². The number of ether oxygens (including phenoxy) is 1. The summed E-state index contributed by atoms with van der Waals surface area (Å²) in [4.78, 5) is 33.7. The number of hydrogen-bond acceptors (Lipinski definition) is 6. The molecule has 1 atom stereocenters. The van der Waals surface area contributed by atoms with Gasteiger partial charge < -0.3 is 24.5 Å². The van der Waals surface area contributed by atoms with Gasteiger partial charge in [0.25, 0.3) is 5.89 Å². The number of aromatic amines is 2. The predicted octanol–water partition coefficient (Wildman–Crippen LogP) is 3.89. The lowest BCUT2D eigenvalue weighted by Crippen LogP contribution is -2.37. The maximum atomic E-state index is 12.2. The number of benzene rings is 1. The molecule has 0 spiro atoms. The minimum Gasteiger partial charge on any atom is -0.444 e. The second-order valence-corrected chi connectivity index (χ2v) is 8.70. The van der Waals surface area contributed by atoms with E-state index in [0.717, 1.165) is 4.47 Å². The van der Waals surface area contributed by atoms with Gasteiger partial charge in [-0.1, -0.05) is 34.9 Å². The lowest BCUT2D eigenvalue weighted by atomic mass is 10.0. The molecule has 9 nitrogen and oxygen atoms in total. The zero-order valence-electron chi connectivity index (χ0n) is 16.2. The van der Waals surface area contributed by atoms with E-state index in [9.17, 15) is 9.59 Å². The molecular weight excluding hydrogens is 430 g/mol. The number of carbonyl (C=O) groups excluding carboxylic acids is 1. The van der Waals surface area contributed by atoms with E-state index in [0.29, 0.717) is 22.4 Å². The Bertz CT molecular complexity index is 1060. The minimum atomic E-state index is -0.615. The molecule has 3 N–H and O–H groups in total. The Morgan fingerprint density at radius 2 is 2.00 bits per heavy atom. The van der Waals surface area contributed by atoms with Gasteiger partial charge in [-0.25, -0.2) is 9.59 Å². The number of fused-ring (bicyclic) bond motifs is 1. The normalized spacial score (nSPS) is 13.1. The van der Waals surface area contributed by atoms with Crippen LogP contribution in [-0.4, -0.2) is 31.8 Å². The smallest absolute Gasteiger partial charge is 0.408 e. The van der Waals surface area contributed by atoms with Crippen molar-refractivity contribution >= 4 is 33.1 Å². The standard InChI is InChI=1S/C18H22BrN5O4/c1-8(2)12(22-17(26)27-18(3,4)5)14-23-15(28-24-14)10-6-9(19)7-11-13(10)21-16(25)20-11/h6-8,12H,1-5H3,(H,22,26)(H2,20,21,25). The van der Waals surface area contributed by atoms with Gasteiger partial charge in [0.1, 0.15) is 5.60 Å². The lowest BCUT2D eigenvalue weighted by Gasteiger charge is -2.23. The minimum absolute atomic E-state index is 0.00689. The molecule has 0 aliphatic rings. The quantitative estimate of drug-likeness (QED) is 0.552. The van der Waals surface area contributed by atoms with Crippen LogP contribution < -0.4 is 11.0 Å². The summed E-state index contributed by atoms with van der Waals surface area (Å²) in [5.41, 5.74) is 0.795. The molecule has 28 heavy (non-hydrogen) atoms. The molecule has 0 saturated heterocycles. The number of hydrogen-bond donors (Lipinski definition) is 3. The molecule has 0 aliphatic heterocycles. The Labute approximate surface area is 169 Å². The molecule has 0 radical (unpaired) electrons. The van der Waals surface area contributed by atoms with Gasteiger partial charge in [-0.2, -0.15) is 4.98 Å². The van der Waals surface area contributed by atoms with Crippen LogP contribution in [0.3, 0.4) is 0 Å². The van der Waals surface area contributed by atoms with Crippen molar-refractivity contribution in [3.63, 3.8) is 0 Å². The van der Waals surface area contributed by atoms with Crippen LogP contribution in [0.2, 0.25) is 0 Å². The lowest BCUT2D eigenvalue weighted by molar-refractivity contribution is 0.0485. The first-order valence-corrected chi connectivity index (χ1v) is 9.58. The fourth-order valence-corrected chi connectivity index (χ4v) is 3.17. The van der Waals surface area contributed by atoms with Crippen molar-refractivity contribution in [1.29, 1.82) is 0 Å².